The number of methoxy groups -OCH3 is 1. The Labute approximate surface area is 176 Å². The van der Waals surface area contributed by atoms with Gasteiger partial charge in [0.1, 0.15) is 11.9 Å². The molecule has 3 heterocycles. The van der Waals surface area contributed by atoms with Crippen LogP contribution in [0.3, 0.4) is 0 Å². The van der Waals surface area contributed by atoms with Gasteiger partial charge in [-0.15, -0.1) is 0 Å². The van der Waals surface area contributed by atoms with Crippen molar-refractivity contribution >= 4 is 5.91 Å². The minimum absolute atomic E-state index is 0.115. The fourth-order valence-corrected chi connectivity index (χ4v) is 3.60. The second-order valence-electron chi connectivity index (χ2n) is 7.32. The van der Waals surface area contributed by atoms with Crippen LogP contribution in [0.1, 0.15) is 23.9 Å². The van der Waals surface area contributed by atoms with E-state index in [4.69, 9.17) is 14.5 Å². The largest absolute Gasteiger partial charge is 0.497 e. The van der Waals surface area contributed by atoms with Gasteiger partial charge in [-0.05, 0) is 49.4 Å². The zero-order valence-electron chi connectivity index (χ0n) is 17.3. The number of aromatic nitrogens is 3. The number of amides is 1. The predicted octanol–water partition coefficient (Wildman–Crippen LogP) is 3.25. The molecule has 1 saturated heterocycles. The van der Waals surface area contributed by atoms with E-state index in [0.29, 0.717) is 32.7 Å². The Morgan fingerprint density at radius 1 is 1.20 bits per heavy atom. The highest BCUT2D eigenvalue weighted by Crippen LogP contribution is 2.25. The lowest BCUT2D eigenvalue weighted by Gasteiger charge is -2.33. The van der Waals surface area contributed by atoms with E-state index in [2.05, 4.69) is 5.10 Å². The van der Waals surface area contributed by atoms with Crippen LogP contribution in [0.4, 0.5) is 0 Å². The van der Waals surface area contributed by atoms with Crippen LogP contribution in [-0.4, -0.2) is 52.4 Å². The molecule has 0 radical (unpaired) electrons. The van der Waals surface area contributed by atoms with Gasteiger partial charge in [0.15, 0.2) is 0 Å². The molecule has 1 fully saturated rings. The fraction of sp³-hybridized carbons (Fsp3) is 0.348. The number of carbonyl (C=O) groups is 1. The zero-order chi connectivity index (χ0) is 20.9. The monoisotopic (exact) mass is 406 g/mol. The van der Waals surface area contributed by atoms with Crippen molar-refractivity contribution in [2.45, 2.75) is 26.0 Å². The Kier molecular flexibility index (Phi) is 6.09. The molecule has 0 N–H and O–H groups in total. The molecule has 0 saturated carbocycles. The minimum Gasteiger partial charge on any atom is -0.497 e. The standard InChI is InChI=1S/C23H26N4O3/c1-17-10-12-24-27(17)13-11-23(28)26-14-15-30-22(16-26)21-5-3-4-20(25-21)18-6-8-19(29-2)9-7-18/h3-10,12,22H,11,13-16H2,1-2H3/t22-/m1/s1. The third kappa shape index (κ3) is 4.52. The first kappa shape index (κ1) is 20.1. The number of pyridine rings is 1. The quantitative estimate of drug-likeness (QED) is 0.629. The second kappa shape index (κ2) is 9.09. The third-order valence-electron chi connectivity index (χ3n) is 5.37. The highest BCUT2D eigenvalue weighted by Gasteiger charge is 2.26. The third-order valence-corrected chi connectivity index (χ3v) is 5.37. The molecular formula is C23H26N4O3. The number of rotatable bonds is 6. The van der Waals surface area contributed by atoms with Gasteiger partial charge in [0.05, 0.1) is 31.6 Å². The van der Waals surface area contributed by atoms with E-state index < -0.39 is 0 Å². The van der Waals surface area contributed by atoms with Crippen molar-refractivity contribution in [3.63, 3.8) is 0 Å². The van der Waals surface area contributed by atoms with Gasteiger partial charge < -0.3 is 14.4 Å². The number of hydrogen-bond acceptors (Lipinski definition) is 5. The number of ether oxygens (including phenoxy) is 2. The summed E-state index contributed by atoms with van der Waals surface area (Å²) in [6.07, 6.45) is 1.95. The molecule has 7 heteroatoms. The van der Waals surface area contributed by atoms with Gasteiger partial charge >= 0.3 is 0 Å². The van der Waals surface area contributed by atoms with Gasteiger partial charge in [-0.3, -0.25) is 9.48 Å². The lowest BCUT2D eigenvalue weighted by Crippen LogP contribution is -2.42. The molecule has 1 aliphatic heterocycles. The summed E-state index contributed by atoms with van der Waals surface area (Å²) in [5, 5.41) is 4.25. The number of morpholine rings is 1. The maximum Gasteiger partial charge on any atom is 0.224 e. The van der Waals surface area contributed by atoms with Gasteiger partial charge in [0.2, 0.25) is 5.91 Å². The van der Waals surface area contributed by atoms with E-state index in [1.165, 1.54) is 0 Å². The molecule has 0 unspecified atom stereocenters. The van der Waals surface area contributed by atoms with Crippen molar-refractivity contribution < 1.29 is 14.3 Å². The van der Waals surface area contributed by atoms with Crippen LogP contribution in [0.2, 0.25) is 0 Å². The summed E-state index contributed by atoms with van der Waals surface area (Å²) >= 11 is 0. The van der Waals surface area contributed by atoms with Gasteiger partial charge in [-0.1, -0.05) is 6.07 Å². The van der Waals surface area contributed by atoms with Crippen LogP contribution in [-0.2, 0) is 16.1 Å². The van der Waals surface area contributed by atoms with E-state index in [0.717, 1.165) is 28.4 Å². The summed E-state index contributed by atoms with van der Waals surface area (Å²) in [6, 6.07) is 15.7. The SMILES string of the molecule is COc1ccc(-c2cccc([C@H]3CN(C(=O)CCn4nccc4C)CCO3)n2)cc1. The fourth-order valence-electron chi connectivity index (χ4n) is 3.60. The van der Waals surface area contributed by atoms with Gasteiger partial charge in [-0.25, -0.2) is 4.98 Å². The van der Waals surface area contributed by atoms with Crippen molar-refractivity contribution in [1.82, 2.24) is 19.7 Å². The molecule has 1 atom stereocenters. The molecule has 0 aliphatic carbocycles. The zero-order valence-corrected chi connectivity index (χ0v) is 17.3. The number of carbonyl (C=O) groups excluding carboxylic acids is 1. The summed E-state index contributed by atoms with van der Waals surface area (Å²) in [5.74, 6) is 0.925. The number of benzene rings is 1. The first-order valence-electron chi connectivity index (χ1n) is 10.1. The van der Waals surface area contributed by atoms with Crippen LogP contribution in [0.15, 0.2) is 54.7 Å². The van der Waals surface area contributed by atoms with Gasteiger partial charge in [-0.2, -0.15) is 5.10 Å². The van der Waals surface area contributed by atoms with Crippen LogP contribution in [0, 0.1) is 6.92 Å². The molecular weight excluding hydrogens is 380 g/mol. The Hall–Kier alpha value is -3.19. The van der Waals surface area contributed by atoms with E-state index >= 15 is 0 Å². The Balaban J connectivity index is 1.42. The summed E-state index contributed by atoms with van der Waals surface area (Å²) in [6.45, 7) is 4.20. The number of aryl methyl sites for hydroxylation is 2. The number of hydrogen-bond donors (Lipinski definition) is 0. The molecule has 1 aliphatic rings. The van der Waals surface area contributed by atoms with Crippen LogP contribution < -0.4 is 4.74 Å². The molecule has 156 valence electrons. The summed E-state index contributed by atoms with van der Waals surface area (Å²) < 4.78 is 13.0. The smallest absolute Gasteiger partial charge is 0.224 e. The maximum absolute atomic E-state index is 12.7. The first-order valence-corrected chi connectivity index (χ1v) is 10.1. The molecule has 1 amide bonds. The Morgan fingerprint density at radius 2 is 2.03 bits per heavy atom. The van der Waals surface area contributed by atoms with Crippen molar-refractivity contribution in [2.75, 3.05) is 26.8 Å². The normalized spacial score (nSPS) is 16.5. The highest BCUT2D eigenvalue weighted by atomic mass is 16.5. The number of nitrogens with zero attached hydrogens (tertiary/aromatic N) is 4. The highest BCUT2D eigenvalue weighted by molar-refractivity contribution is 5.76. The van der Waals surface area contributed by atoms with Crippen LogP contribution in [0.25, 0.3) is 11.3 Å². The van der Waals surface area contributed by atoms with E-state index in [1.807, 2.05) is 65.0 Å². The minimum atomic E-state index is -0.229. The average molecular weight is 406 g/mol. The summed E-state index contributed by atoms with van der Waals surface area (Å²) in [4.78, 5) is 19.4. The topological polar surface area (TPSA) is 69.5 Å². The van der Waals surface area contributed by atoms with Crippen molar-refractivity contribution in [1.29, 1.82) is 0 Å². The summed E-state index contributed by atoms with van der Waals surface area (Å²) in [5.41, 5.74) is 3.78. The van der Waals surface area contributed by atoms with Crippen molar-refractivity contribution in [3.8, 4) is 17.0 Å². The van der Waals surface area contributed by atoms with E-state index in [-0.39, 0.29) is 12.0 Å². The molecule has 4 rings (SSSR count). The molecule has 0 spiro atoms. The maximum atomic E-state index is 12.7. The molecule has 2 aromatic heterocycles. The average Bonchev–Trinajstić information content (AvgIpc) is 3.22. The van der Waals surface area contributed by atoms with Crippen LogP contribution >= 0.6 is 0 Å². The van der Waals surface area contributed by atoms with Crippen molar-refractivity contribution in [3.05, 3.63) is 66.1 Å². The van der Waals surface area contributed by atoms with E-state index in [9.17, 15) is 4.79 Å². The lowest BCUT2D eigenvalue weighted by molar-refractivity contribution is -0.139. The van der Waals surface area contributed by atoms with Crippen LogP contribution in [0.5, 0.6) is 5.75 Å². The molecule has 1 aromatic carbocycles. The van der Waals surface area contributed by atoms with Gasteiger partial charge in [0.25, 0.3) is 0 Å². The second-order valence-corrected chi connectivity index (χ2v) is 7.32. The Bertz CT molecular complexity index is 1000. The summed E-state index contributed by atoms with van der Waals surface area (Å²) in [7, 11) is 1.65. The first-order chi connectivity index (χ1) is 14.6. The molecule has 0 bridgehead atoms. The lowest BCUT2D eigenvalue weighted by atomic mass is 10.1. The Morgan fingerprint density at radius 3 is 2.77 bits per heavy atom. The molecule has 30 heavy (non-hydrogen) atoms. The van der Waals surface area contributed by atoms with E-state index in [1.54, 1.807) is 13.3 Å². The molecule has 7 nitrogen and oxygen atoms in total. The molecule has 3 aromatic rings. The predicted molar refractivity (Wildman–Crippen MR) is 113 cm³/mol. The van der Waals surface area contributed by atoms with Crippen molar-refractivity contribution in [2.24, 2.45) is 0 Å². The van der Waals surface area contributed by atoms with Gasteiger partial charge in [0, 0.05) is 37.0 Å².